The summed E-state index contributed by atoms with van der Waals surface area (Å²) in [6.07, 6.45) is 11.6. The Labute approximate surface area is 212 Å². The topological polar surface area (TPSA) is 74.2 Å². The Bertz CT molecular complexity index is 832. The van der Waals surface area contributed by atoms with Crippen molar-refractivity contribution in [3.63, 3.8) is 0 Å². The maximum absolute atomic E-state index is 12.7. The van der Waals surface area contributed by atoms with E-state index in [1.807, 2.05) is 7.05 Å². The van der Waals surface area contributed by atoms with Gasteiger partial charge < -0.3 is 15.3 Å². The molecule has 0 aromatic carbocycles. The highest BCUT2D eigenvalue weighted by Gasteiger charge is 2.60. The number of rotatable bonds is 4. The van der Waals surface area contributed by atoms with Crippen molar-refractivity contribution in [2.45, 2.75) is 104 Å². The van der Waals surface area contributed by atoms with Gasteiger partial charge >= 0.3 is 6.09 Å². The van der Waals surface area contributed by atoms with Gasteiger partial charge in [0.25, 0.3) is 0 Å². The zero-order valence-electron chi connectivity index (χ0n) is 22.8. The average molecular weight is 488 g/mol. The van der Waals surface area contributed by atoms with Gasteiger partial charge in [-0.25, -0.2) is 4.79 Å². The summed E-state index contributed by atoms with van der Waals surface area (Å²) in [5.74, 6) is 4.04. The van der Waals surface area contributed by atoms with Crippen LogP contribution in [0.4, 0.5) is 4.79 Å². The molecule has 10 atom stereocenters. The van der Waals surface area contributed by atoms with Gasteiger partial charge in [-0.3, -0.25) is 4.84 Å². The molecule has 6 heteroatoms. The van der Waals surface area contributed by atoms with Crippen LogP contribution in [0.3, 0.4) is 0 Å². The maximum Gasteiger partial charge on any atom is 0.435 e. The molecule has 0 radical (unpaired) electrons. The number of hydrogen-bond acceptors (Lipinski definition) is 5. The first kappa shape index (κ1) is 25.5. The largest absolute Gasteiger partial charge is 0.435 e. The molecule has 0 bridgehead atoms. The second-order valence-electron chi connectivity index (χ2n) is 13.6. The molecule has 4 aliphatic carbocycles. The molecule has 0 aromatic rings. The number of oxime groups is 1. The summed E-state index contributed by atoms with van der Waals surface area (Å²) < 4.78 is 0. The van der Waals surface area contributed by atoms with E-state index in [1.165, 1.54) is 38.5 Å². The van der Waals surface area contributed by atoms with Gasteiger partial charge in [0.15, 0.2) is 0 Å². The van der Waals surface area contributed by atoms with Crippen LogP contribution in [0.2, 0.25) is 0 Å². The Hall–Kier alpha value is -1.14. The molecule has 1 heterocycles. The van der Waals surface area contributed by atoms with Gasteiger partial charge in [0.05, 0.1) is 11.8 Å². The Morgan fingerprint density at radius 2 is 1.80 bits per heavy atom. The lowest BCUT2D eigenvalue weighted by Crippen LogP contribution is -2.54. The predicted molar refractivity (Wildman–Crippen MR) is 139 cm³/mol. The van der Waals surface area contributed by atoms with Crippen LogP contribution in [0.1, 0.15) is 91.9 Å². The van der Waals surface area contributed by atoms with Crippen LogP contribution in [-0.4, -0.2) is 54.1 Å². The monoisotopic (exact) mass is 487 g/mol. The minimum absolute atomic E-state index is 0.0761. The van der Waals surface area contributed by atoms with Gasteiger partial charge in [0.1, 0.15) is 0 Å². The fraction of sp³-hybridized carbons (Fsp3) is 0.931. The molecule has 5 aliphatic rings. The summed E-state index contributed by atoms with van der Waals surface area (Å²) in [6, 6.07) is 0.340. The molecule has 2 N–H and O–H groups in total. The first-order valence-electron chi connectivity index (χ1n) is 14.5. The maximum atomic E-state index is 12.7. The van der Waals surface area contributed by atoms with Crippen LogP contribution < -0.4 is 5.32 Å². The van der Waals surface area contributed by atoms with Crippen molar-refractivity contribution in [2.24, 2.45) is 51.5 Å². The van der Waals surface area contributed by atoms with Gasteiger partial charge in [-0.2, -0.15) is 0 Å². The highest BCUT2D eigenvalue weighted by Crippen LogP contribution is 2.67. The number of carbonyl (C=O) groups is 1. The summed E-state index contributed by atoms with van der Waals surface area (Å²) in [6.45, 7) is 11.1. The minimum Gasteiger partial charge on any atom is -0.393 e. The highest BCUT2D eigenvalue weighted by atomic mass is 16.7. The van der Waals surface area contributed by atoms with E-state index in [0.29, 0.717) is 35.8 Å². The molecular weight excluding hydrogens is 438 g/mol. The van der Waals surface area contributed by atoms with Gasteiger partial charge in [-0.1, -0.05) is 25.9 Å². The molecular formula is C29H49N3O3. The molecule has 198 valence electrons. The number of fused-ring (bicyclic) bond motifs is 5. The van der Waals surface area contributed by atoms with Crippen LogP contribution in [-0.2, 0) is 4.84 Å². The summed E-state index contributed by atoms with van der Waals surface area (Å²) in [7, 11) is 1.81. The van der Waals surface area contributed by atoms with E-state index >= 15 is 0 Å². The third-order valence-electron chi connectivity index (χ3n) is 11.9. The van der Waals surface area contributed by atoms with Crippen molar-refractivity contribution in [3.8, 4) is 0 Å². The number of aliphatic hydroxyl groups excluding tert-OH is 1. The second kappa shape index (κ2) is 9.63. The smallest absolute Gasteiger partial charge is 0.393 e. The van der Waals surface area contributed by atoms with Crippen molar-refractivity contribution in [2.75, 3.05) is 20.1 Å². The summed E-state index contributed by atoms with van der Waals surface area (Å²) >= 11 is 0. The molecule has 5 fully saturated rings. The molecule has 1 amide bonds. The van der Waals surface area contributed by atoms with E-state index in [-0.39, 0.29) is 17.6 Å². The van der Waals surface area contributed by atoms with Gasteiger partial charge in [0.2, 0.25) is 0 Å². The van der Waals surface area contributed by atoms with E-state index in [4.69, 9.17) is 4.84 Å². The number of aliphatic hydroxyl groups is 1. The first-order valence-corrected chi connectivity index (χ1v) is 14.5. The lowest BCUT2D eigenvalue weighted by molar-refractivity contribution is -0.123. The summed E-state index contributed by atoms with van der Waals surface area (Å²) in [5, 5.41) is 18.2. The standard InChI is InChI=1S/C29H49N3O3/c1-18-12-15-30-26(18)17-32(5)27(34)35-31-19(2)23-8-9-24-22-7-6-20-16-21(33)10-13-28(20,3)25(22)11-14-29(23,24)4/h18,20-26,30,33H,6-17H2,1-5H3/b31-19+/t18?,20-,21+,22-,23+,24-,25-,26?,28-,29+/m0/s1. The molecule has 0 aromatic heterocycles. The lowest BCUT2D eigenvalue weighted by atomic mass is 9.44. The molecule has 2 unspecified atom stereocenters. The average Bonchev–Trinajstić information content (AvgIpc) is 3.39. The van der Waals surface area contributed by atoms with Crippen LogP contribution in [0.5, 0.6) is 0 Å². The number of hydrogen-bond donors (Lipinski definition) is 2. The summed E-state index contributed by atoms with van der Waals surface area (Å²) in [5.41, 5.74) is 1.67. The number of likely N-dealkylation sites (N-methyl/N-ethyl adjacent to an activating group) is 1. The Morgan fingerprint density at radius 1 is 1.06 bits per heavy atom. The van der Waals surface area contributed by atoms with Crippen molar-refractivity contribution in [1.29, 1.82) is 0 Å². The number of nitrogens with one attached hydrogen (secondary N) is 1. The fourth-order valence-electron chi connectivity index (χ4n) is 9.68. The van der Waals surface area contributed by atoms with E-state index in [1.54, 1.807) is 4.90 Å². The van der Waals surface area contributed by atoms with Gasteiger partial charge in [-0.05, 0) is 118 Å². The third kappa shape index (κ3) is 4.45. The molecule has 5 rings (SSSR count). The normalized spacial score (nSPS) is 47.5. The molecule has 0 spiro atoms. The van der Waals surface area contributed by atoms with E-state index < -0.39 is 0 Å². The lowest BCUT2D eigenvalue weighted by Gasteiger charge is -2.61. The Morgan fingerprint density at radius 3 is 2.54 bits per heavy atom. The SMILES string of the molecule is C/C(=N\OC(=O)N(C)CC1NCCC1C)[C@H]1CC[C@H]2[C@@H]3CC[C@H]4C[C@H](O)CC[C@]4(C)[C@H]3CC[C@]12C. The number of carbonyl (C=O) groups excluding carboxylic acids is 1. The van der Waals surface area contributed by atoms with Gasteiger partial charge in [0, 0.05) is 25.6 Å². The predicted octanol–water partition coefficient (Wildman–Crippen LogP) is 5.45. The van der Waals surface area contributed by atoms with Crippen LogP contribution in [0.15, 0.2) is 5.16 Å². The zero-order valence-corrected chi connectivity index (χ0v) is 22.8. The Balaban J connectivity index is 1.23. The fourth-order valence-corrected chi connectivity index (χ4v) is 9.68. The van der Waals surface area contributed by atoms with Crippen molar-refractivity contribution < 1.29 is 14.7 Å². The Kier molecular flexibility index (Phi) is 7.02. The third-order valence-corrected chi connectivity index (χ3v) is 11.9. The molecule has 1 saturated heterocycles. The molecule has 4 saturated carbocycles. The highest BCUT2D eigenvalue weighted by molar-refractivity contribution is 5.85. The second-order valence-corrected chi connectivity index (χ2v) is 13.6. The van der Waals surface area contributed by atoms with Crippen LogP contribution in [0, 0.1) is 46.3 Å². The van der Waals surface area contributed by atoms with Crippen molar-refractivity contribution in [3.05, 3.63) is 0 Å². The van der Waals surface area contributed by atoms with E-state index in [2.05, 4.69) is 38.2 Å². The minimum atomic E-state index is -0.348. The number of amides is 1. The number of nitrogens with zero attached hydrogens (tertiary/aromatic N) is 2. The van der Waals surface area contributed by atoms with Gasteiger partial charge in [-0.15, -0.1) is 0 Å². The van der Waals surface area contributed by atoms with Crippen LogP contribution in [0.25, 0.3) is 0 Å². The van der Waals surface area contributed by atoms with E-state index in [9.17, 15) is 9.90 Å². The van der Waals surface area contributed by atoms with Crippen molar-refractivity contribution in [1.82, 2.24) is 10.2 Å². The summed E-state index contributed by atoms with van der Waals surface area (Å²) in [4.78, 5) is 19.8. The first-order chi connectivity index (χ1) is 16.6. The zero-order chi connectivity index (χ0) is 25.0. The van der Waals surface area contributed by atoms with E-state index in [0.717, 1.165) is 55.7 Å². The molecule has 35 heavy (non-hydrogen) atoms. The quantitative estimate of drug-likeness (QED) is 0.314. The molecule has 6 nitrogen and oxygen atoms in total. The van der Waals surface area contributed by atoms with Crippen molar-refractivity contribution >= 4 is 11.8 Å². The van der Waals surface area contributed by atoms with Crippen LogP contribution >= 0.6 is 0 Å². The molecule has 1 aliphatic heterocycles.